The lowest BCUT2D eigenvalue weighted by Crippen LogP contribution is -1.99. The van der Waals surface area contributed by atoms with Crippen LogP contribution in [-0.2, 0) is 6.54 Å². The molecule has 13 heavy (non-hydrogen) atoms. The third kappa shape index (κ3) is 1.49. The van der Waals surface area contributed by atoms with Gasteiger partial charge in [-0.3, -0.25) is 0 Å². The predicted octanol–water partition coefficient (Wildman–Crippen LogP) is 2.14. The first kappa shape index (κ1) is 8.10. The first-order valence-corrected chi connectivity index (χ1v) is 4.28. The van der Waals surface area contributed by atoms with Crippen LogP contribution in [0.4, 0.5) is 0 Å². The van der Waals surface area contributed by atoms with Gasteiger partial charge < -0.3 is 8.98 Å². The smallest absolute Gasteiger partial charge is 0.123 e. The predicted molar refractivity (Wildman–Crippen MR) is 49.5 cm³/mol. The average Bonchev–Trinajstić information content (AvgIpc) is 2.71. The summed E-state index contributed by atoms with van der Waals surface area (Å²) >= 11 is 0. The number of furan rings is 1. The molecular formula is C10H12N2O. The van der Waals surface area contributed by atoms with Crippen LogP contribution in [0, 0.1) is 13.8 Å². The maximum absolute atomic E-state index is 5.25. The maximum atomic E-state index is 5.25. The third-order valence-corrected chi connectivity index (χ3v) is 2.25. The molecule has 0 aliphatic rings. The molecule has 2 rings (SSSR count). The molecule has 0 fully saturated rings. The largest absolute Gasteiger partial charge is 0.467 e. The zero-order valence-electron chi connectivity index (χ0n) is 7.82. The topological polar surface area (TPSA) is 31.0 Å². The van der Waals surface area contributed by atoms with Crippen molar-refractivity contribution in [2.24, 2.45) is 0 Å². The Morgan fingerprint density at radius 3 is 2.85 bits per heavy atom. The summed E-state index contributed by atoms with van der Waals surface area (Å²) in [5, 5.41) is 0. The van der Waals surface area contributed by atoms with Gasteiger partial charge in [-0.2, -0.15) is 0 Å². The highest BCUT2D eigenvalue weighted by molar-refractivity contribution is 5.10. The van der Waals surface area contributed by atoms with Gasteiger partial charge in [-0.1, -0.05) is 0 Å². The summed E-state index contributed by atoms with van der Waals surface area (Å²) in [5.41, 5.74) is 2.27. The van der Waals surface area contributed by atoms with E-state index in [9.17, 15) is 0 Å². The SMILES string of the molecule is Cc1ncn(Cc2ccco2)c1C. The minimum absolute atomic E-state index is 0.764. The molecular weight excluding hydrogens is 164 g/mol. The van der Waals surface area contributed by atoms with Crippen LogP contribution in [0.25, 0.3) is 0 Å². The molecule has 0 atom stereocenters. The van der Waals surface area contributed by atoms with E-state index in [1.165, 1.54) is 5.69 Å². The van der Waals surface area contributed by atoms with Gasteiger partial charge in [0.15, 0.2) is 0 Å². The lowest BCUT2D eigenvalue weighted by Gasteiger charge is -2.01. The molecule has 2 aromatic rings. The molecule has 2 aromatic heterocycles. The minimum atomic E-state index is 0.764. The van der Waals surface area contributed by atoms with Crippen LogP contribution in [0.1, 0.15) is 17.1 Å². The van der Waals surface area contributed by atoms with Crippen molar-refractivity contribution in [1.29, 1.82) is 0 Å². The summed E-state index contributed by atoms with van der Waals surface area (Å²) < 4.78 is 7.33. The second-order valence-electron chi connectivity index (χ2n) is 3.12. The number of rotatable bonds is 2. The lowest BCUT2D eigenvalue weighted by molar-refractivity contribution is 0.491. The molecule has 0 amide bonds. The number of imidazole rings is 1. The second kappa shape index (κ2) is 3.09. The number of nitrogens with zero attached hydrogens (tertiary/aromatic N) is 2. The van der Waals surface area contributed by atoms with Gasteiger partial charge in [0.25, 0.3) is 0 Å². The molecule has 0 saturated carbocycles. The first-order chi connectivity index (χ1) is 6.27. The van der Waals surface area contributed by atoms with E-state index in [1.54, 1.807) is 6.26 Å². The van der Waals surface area contributed by atoms with Crippen LogP contribution in [0.5, 0.6) is 0 Å². The van der Waals surface area contributed by atoms with Crippen LogP contribution in [0.15, 0.2) is 29.1 Å². The Kier molecular flexibility index (Phi) is 1.93. The second-order valence-corrected chi connectivity index (χ2v) is 3.12. The van der Waals surface area contributed by atoms with Crippen LogP contribution in [-0.4, -0.2) is 9.55 Å². The Hall–Kier alpha value is -1.51. The standard InChI is InChI=1S/C10H12N2O/c1-8-9(2)12(7-11-8)6-10-4-3-5-13-10/h3-5,7H,6H2,1-2H3. The van der Waals surface area contributed by atoms with Crippen LogP contribution in [0.2, 0.25) is 0 Å². The third-order valence-electron chi connectivity index (χ3n) is 2.25. The van der Waals surface area contributed by atoms with Crippen molar-refractivity contribution in [3.8, 4) is 0 Å². The number of aromatic nitrogens is 2. The van der Waals surface area contributed by atoms with Gasteiger partial charge in [-0.15, -0.1) is 0 Å². The number of hydrogen-bond donors (Lipinski definition) is 0. The molecule has 0 radical (unpaired) electrons. The molecule has 3 heteroatoms. The Balaban J connectivity index is 2.24. The van der Waals surface area contributed by atoms with Crippen molar-refractivity contribution in [3.63, 3.8) is 0 Å². The molecule has 0 bridgehead atoms. The van der Waals surface area contributed by atoms with Crippen molar-refractivity contribution < 1.29 is 4.42 Å². The van der Waals surface area contributed by atoms with Gasteiger partial charge in [0.05, 0.1) is 24.8 Å². The lowest BCUT2D eigenvalue weighted by atomic mass is 10.3. The van der Waals surface area contributed by atoms with Gasteiger partial charge in [0.1, 0.15) is 5.76 Å². The van der Waals surface area contributed by atoms with Gasteiger partial charge in [0.2, 0.25) is 0 Å². The molecule has 0 aliphatic carbocycles. The Labute approximate surface area is 77.0 Å². The maximum Gasteiger partial charge on any atom is 0.123 e. The highest BCUT2D eigenvalue weighted by atomic mass is 16.3. The Bertz CT molecular complexity index is 387. The van der Waals surface area contributed by atoms with Crippen molar-refractivity contribution in [2.45, 2.75) is 20.4 Å². The monoisotopic (exact) mass is 176 g/mol. The summed E-state index contributed by atoms with van der Waals surface area (Å²) in [6.45, 7) is 4.83. The first-order valence-electron chi connectivity index (χ1n) is 4.28. The zero-order chi connectivity index (χ0) is 9.26. The summed E-state index contributed by atoms with van der Waals surface area (Å²) in [6.07, 6.45) is 3.53. The fraction of sp³-hybridized carbons (Fsp3) is 0.300. The summed E-state index contributed by atoms with van der Waals surface area (Å²) in [5.74, 6) is 0.959. The molecule has 0 saturated heterocycles. The zero-order valence-corrected chi connectivity index (χ0v) is 7.82. The molecule has 0 unspecified atom stereocenters. The summed E-state index contributed by atoms with van der Waals surface area (Å²) in [6, 6.07) is 3.86. The highest BCUT2D eigenvalue weighted by Gasteiger charge is 2.03. The molecule has 0 aromatic carbocycles. The summed E-state index contributed by atoms with van der Waals surface area (Å²) in [4.78, 5) is 4.22. The minimum Gasteiger partial charge on any atom is -0.467 e. The van der Waals surface area contributed by atoms with E-state index in [0.29, 0.717) is 0 Å². The van der Waals surface area contributed by atoms with Gasteiger partial charge in [-0.05, 0) is 26.0 Å². The molecule has 0 N–H and O–H groups in total. The van der Waals surface area contributed by atoms with Crippen LogP contribution >= 0.6 is 0 Å². The summed E-state index contributed by atoms with van der Waals surface area (Å²) in [7, 11) is 0. The van der Waals surface area contributed by atoms with Gasteiger partial charge in [-0.25, -0.2) is 4.98 Å². The number of aryl methyl sites for hydroxylation is 1. The van der Waals surface area contributed by atoms with Crippen molar-refractivity contribution in [2.75, 3.05) is 0 Å². The Morgan fingerprint density at radius 1 is 1.46 bits per heavy atom. The van der Waals surface area contributed by atoms with Gasteiger partial charge >= 0.3 is 0 Å². The van der Waals surface area contributed by atoms with Crippen molar-refractivity contribution in [3.05, 3.63) is 41.9 Å². The van der Waals surface area contributed by atoms with Gasteiger partial charge in [0, 0.05) is 5.69 Å². The quantitative estimate of drug-likeness (QED) is 0.702. The fourth-order valence-electron chi connectivity index (χ4n) is 1.27. The normalized spacial score (nSPS) is 10.6. The van der Waals surface area contributed by atoms with E-state index in [1.807, 2.05) is 25.4 Å². The average molecular weight is 176 g/mol. The molecule has 3 nitrogen and oxygen atoms in total. The van der Waals surface area contributed by atoms with E-state index < -0.39 is 0 Å². The van der Waals surface area contributed by atoms with Crippen molar-refractivity contribution in [1.82, 2.24) is 9.55 Å². The molecule has 0 spiro atoms. The molecule has 2 heterocycles. The fourth-order valence-corrected chi connectivity index (χ4v) is 1.27. The van der Waals surface area contributed by atoms with E-state index in [-0.39, 0.29) is 0 Å². The molecule has 0 aliphatic heterocycles. The van der Waals surface area contributed by atoms with E-state index in [0.717, 1.165) is 18.0 Å². The van der Waals surface area contributed by atoms with E-state index >= 15 is 0 Å². The number of hydrogen-bond acceptors (Lipinski definition) is 2. The van der Waals surface area contributed by atoms with Crippen molar-refractivity contribution >= 4 is 0 Å². The van der Waals surface area contributed by atoms with Crippen LogP contribution in [0.3, 0.4) is 0 Å². The van der Waals surface area contributed by atoms with E-state index in [2.05, 4.69) is 16.5 Å². The highest BCUT2D eigenvalue weighted by Crippen LogP contribution is 2.08. The van der Waals surface area contributed by atoms with E-state index in [4.69, 9.17) is 4.42 Å². The van der Waals surface area contributed by atoms with Crippen LogP contribution < -0.4 is 0 Å². The molecule has 68 valence electrons. The Morgan fingerprint density at radius 2 is 2.31 bits per heavy atom.